The summed E-state index contributed by atoms with van der Waals surface area (Å²) in [7, 11) is 0. The number of carbonyl (C=O) groups excluding carboxylic acids is 1. The molecule has 1 aliphatic rings. The topological polar surface area (TPSA) is 32.3 Å². The average molecular weight is 222 g/mol. The van der Waals surface area contributed by atoms with Crippen LogP contribution in [0.3, 0.4) is 0 Å². The van der Waals surface area contributed by atoms with Crippen LogP contribution in [0.2, 0.25) is 0 Å². The minimum absolute atomic E-state index is 0.0925. The van der Waals surface area contributed by atoms with Gasteiger partial charge in [-0.1, -0.05) is 13.3 Å². The maximum atomic E-state index is 12.7. The summed E-state index contributed by atoms with van der Waals surface area (Å²) in [6.07, 6.45) is 2.02. The molecule has 0 bridgehead atoms. The number of amides is 2. The van der Waals surface area contributed by atoms with Crippen LogP contribution in [0.4, 0.5) is 14.9 Å². The predicted octanol–water partition coefficient (Wildman–Crippen LogP) is 2.52. The summed E-state index contributed by atoms with van der Waals surface area (Å²) in [4.78, 5) is 13.3. The number of rotatable bonds is 3. The lowest BCUT2D eigenvalue weighted by molar-refractivity contribution is 0.250. The van der Waals surface area contributed by atoms with Gasteiger partial charge in [-0.15, -0.1) is 0 Å². The van der Waals surface area contributed by atoms with Crippen LogP contribution in [0.25, 0.3) is 0 Å². The number of anilines is 1. The van der Waals surface area contributed by atoms with E-state index >= 15 is 0 Å². The van der Waals surface area contributed by atoms with Crippen molar-refractivity contribution >= 4 is 11.7 Å². The molecular formula is C12H15FN2O. The van der Waals surface area contributed by atoms with E-state index in [0.717, 1.165) is 18.5 Å². The Kier molecular flexibility index (Phi) is 3.08. The Balaban J connectivity index is 2.10. The van der Waals surface area contributed by atoms with Gasteiger partial charge in [-0.2, -0.15) is 0 Å². The fourth-order valence-electron chi connectivity index (χ4n) is 1.96. The zero-order valence-electron chi connectivity index (χ0n) is 9.24. The largest absolute Gasteiger partial charge is 0.333 e. The third-order valence-electron chi connectivity index (χ3n) is 2.75. The summed E-state index contributed by atoms with van der Waals surface area (Å²) < 4.78 is 12.7. The summed E-state index contributed by atoms with van der Waals surface area (Å²) >= 11 is 0. The van der Waals surface area contributed by atoms with E-state index in [0.29, 0.717) is 6.54 Å². The van der Waals surface area contributed by atoms with E-state index in [1.165, 1.54) is 12.1 Å². The van der Waals surface area contributed by atoms with Gasteiger partial charge in [0.1, 0.15) is 5.82 Å². The van der Waals surface area contributed by atoms with Crippen LogP contribution in [-0.2, 0) is 0 Å². The fourth-order valence-corrected chi connectivity index (χ4v) is 1.96. The van der Waals surface area contributed by atoms with Crippen molar-refractivity contribution < 1.29 is 9.18 Å². The van der Waals surface area contributed by atoms with Gasteiger partial charge in [-0.3, -0.25) is 4.90 Å². The Morgan fingerprint density at radius 3 is 2.75 bits per heavy atom. The highest BCUT2D eigenvalue weighted by Gasteiger charge is 2.28. The van der Waals surface area contributed by atoms with Gasteiger partial charge >= 0.3 is 6.03 Å². The van der Waals surface area contributed by atoms with Gasteiger partial charge in [0.15, 0.2) is 0 Å². The summed E-state index contributed by atoms with van der Waals surface area (Å²) in [5.41, 5.74) is 0.748. The smallest absolute Gasteiger partial charge is 0.322 e. The second-order valence-electron chi connectivity index (χ2n) is 4.02. The summed E-state index contributed by atoms with van der Waals surface area (Å²) in [5, 5.41) is 2.91. The molecule has 0 saturated carbocycles. The Morgan fingerprint density at radius 1 is 1.44 bits per heavy atom. The molecule has 86 valence electrons. The Bertz CT molecular complexity index is 377. The molecule has 0 aromatic heterocycles. The van der Waals surface area contributed by atoms with Crippen molar-refractivity contribution in [2.24, 2.45) is 0 Å². The molecule has 0 radical (unpaired) electrons. The summed E-state index contributed by atoms with van der Waals surface area (Å²) in [5.74, 6) is -0.284. The quantitative estimate of drug-likeness (QED) is 0.837. The zero-order chi connectivity index (χ0) is 11.5. The minimum Gasteiger partial charge on any atom is -0.333 e. The molecule has 0 unspecified atom stereocenters. The zero-order valence-corrected chi connectivity index (χ0v) is 9.24. The van der Waals surface area contributed by atoms with E-state index in [9.17, 15) is 9.18 Å². The molecule has 1 saturated heterocycles. The van der Waals surface area contributed by atoms with Crippen LogP contribution in [0.1, 0.15) is 19.8 Å². The third kappa shape index (κ3) is 2.15. The molecule has 16 heavy (non-hydrogen) atoms. The summed E-state index contributed by atoms with van der Waals surface area (Å²) in [6.45, 7) is 2.75. The first kappa shape index (κ1) is 10.9. The number of carbonyl (C=O) groups is 1. The van der Waals surface area contributed by atoms with E-state index in [1.807, 2.05) is 0 Å². The molecule has 1 atom stereocenters. The molecule has 3 nitrogen and oxygen atoms in total. The normalized spacial score (nSPS) is 20.0. The molecule has 2 amide bonds. The number of nitrogens with zero attached hydrogens (tertiary/aromatic N) is 1. The molecule has 0 spiro atoms. The van der Waals surface area contributed by atoms with Gasteiger partial charge in [0.05, 0.1) is 0 Å². The van der Waals surface area contributed by atoms with Crippen molar-refractivity contribution in [3.05, 3.63) is 30.1 Å². The highest BCUT2D eigenvalue weighted by Crippen LogP contribution is 2.19. The number of hydrogen-bond donors (Lipinski definition) is 1. The van der Waals surface area contributed by atoms with E-state index in [4.69, 9.17) is 0 Å². The number of hydrogen-bond acceptors (Lipinski definition) is 1. The molecule has 2 rings (SSSR count). The number of urea groups is 1. The Hall–Kier alpha value is -1.58. The summed E-state index contributed by atoms with van der Waals surface area (Å²) in [6, 6.07) is 6.12. The van der Waals surface area contributed by atoms with Crippen molar-refractivity contribution in [1.82, 2.24) is 5.32 Å². The van der Waals surface area contributed by atoms with Gasteiger partial charge in [-0.05, 0) is 30.7 Å². The van der Waals surface area contributed by atoms with Gasteiger partial charge in [-0.25, -0.2) is 9.18 Å². The first-order chi connectivity index (χ1) is 7.70. The van der Waals surface area contributed by atoms with Gasteiger partial charge in [0.25, 0.3) is 0 Å². The van der Waals surface area contributed by atoms with Crippen LogP contribution >= 0.6 is 0 Å². The second-order valence-corrected chi connectivity index (χ2v) is 4.02. The predicted molar refractivity (Wildman–Crippen MR) is 61.0 cm³/mol. The highest BCUT2D eigenvalue weighted by molar-refractivity contribution is 5.94. The molecule has 1 aromatic carbocycles. The molecule has 4 heteroatoms. The first-order valence-electron chi connectivity index (χ1n) is 5.54. The second kappa shape index (κ2) is 4.51. The molecule has 0 aliphatic carbocycles. The molecular weight excluding hydrogens is 207 g/mol. The lowest BCUT2D eigenvalue weighted by Gasteiger charge is -2.14. The Morgan fingerprint density at radius 2 is 2.12 bits per heavy atom. The van der Waals surface area contributed by atoms with E-state index < -0.39 is 0 Å². The van der Waals surface area contributed by atoms with Crippen LogP contribution in [0.5, 0.6) is 0 Å². The van der Waals surface area contributed by atoms with Gasteiger partial charge in [0.2, 0.25) is 0 Å². The van der Waals surface area contributed by atoms with Crippen molar-refractivity contribution in [2.45, 2.75) is 25.8 Å². The first-order valence-corrected chi connectivity index (χ1v) is 5.54. The lowest BCUT2D eigenvalue weighted by atomic mass is 10.2. The van der Waals surface area contributed by atoms with E-state index in [-0.39, 0.29) is 17.9 Å². The maximum absolute atomic E-state index is 12.7. The Labute approximate surface area is 94.3 Å². The van der Waals surface area contributed by atoms with Crippen molar-refractivity contribution in [1.29, 1.82) is 0 Å². The minimum atomic E-state index is -0.284. The number of benzene rings is 1. The van der Waals surface area contributed by atoms with Crippen LogP contribution < -0.4 is 10.2 Å². The lowest BCUT2D eigenvalue weighted by Crippen LogP contribution is -2.28. The SMILES string of the molecule is CCC[C@H]1CN(c2ccc(F)cc2)C(=O)N1. The molecule has 1 aliphatic heterocycles. The van der Waals surface area contributed by atoms with Crippen LogP contribution in [0.15, 0.2) is 24.3 Å². The maximum Gasteiger partial charge on any atom is 0.322 e. The molecule has 1 N–H and O–H groups in total. The van der Waals surface area contributed by atoms with Crippen LogP contribution in [-0.4, -0.2) is 18.6 Å². The molecule has 1 fully saturated rings. The average Bonchev–Trinajstić information content (AvgIpc) is 2.61. The van der Waals surface area contributed by atoms with Gasteiger partial charge < -0.3 is 5.32 Å². The standard InChI is InChI=1S/C12H15FN2O/c1-2-3-10-8-15(12(16)14-10)11-6-4-9(13)5-7-11/h4-7,10H,2-3,8H2,1H3,(H,14,16)/t10-/m0/s1. The molecule has 1 heterocycles. The van der Waals surface area contributed by atoms with Crippen molar-refractivity contribution in [3.63, 3.8) is 0 Å². The monoisotopic (exact) mass is 222 g/mol. The number of halogens is 1. The van der Waals surface area contributed by atoms with Crippen molar-refractivity contribution in [2.75, 3.05) is 11.4 Å². The van der Waals surface area contributed by atoms with Crippen LogP contribution in [0, 0.1) is 5.82 Å². The highest BCUT2D eigenvalue weighted by atomic mass is 19.1. The number of nitrogens with one attached hydrogen (secondary N) is 1. The molecule has 1 aromatic rings. The van der Waals surface area contributed by atoms with Gasteiger partial charge in [0, 0.05) is 18.3 Å². The fraction of sp³-hybridized carbons (Fsp3) is 0.417. The third-order valence-corrected chi connectivity index (χ3v) is 2.75. The van der Waals surface area contributed by atoms with E-state index in [2.05, 4.69) is 12.2 Å². The van der Waals surface area contributed by atoms with Crippen molar-refractivity contribution in [3.8, 4) is 0 Å². The van der Waals surface area contributed by atoms with E-state index in [1.54, 1.807) is 17.0 Å².